The van der Waals surface area contributed by atoms with Gasteiger partial charge in [0.1, 0.15) is 5.75 Å². The molecule has 30 heavy (non-hydrogen) atoms. The van der Waals surface area contributed by atoms with Crippen molar-refractivity contribution in [3.05, 3.63) is 72.1 Å². The molecule has 0 spiro atoms. The third-order valence-corrected chi connectivity index (χ3v) is 4.41. The number of amides is 1. The number of rotatable bonds is 8. The van der Waals surface area contributed by atoms with E-state index in [4.69, 9.17) is 14.2 Å². The Hall–Kier alpha value is -3.81. The molecule has 0 aliphatic carbocycles. The van der Waals surface area contributed by atoms with Gasteiger partial charge in [-0.3, -0.25) is 4.79 Å². The topological polar surface area (TPSA) is 91.7 Å². The van der Waals surface area contributed by atoms with Gasteiger partial charge in [-0.15, -0.1) is 0 Å². The molecule has 1 heterocycles. The average Bonchev–Trinajstić information content (AvgIpc) is 3.23. The largest absolute Gasteiger partial charge is 0.496 e. The molecule has 8 nitrogen and oxygen atoms in total. The van der Waals surface area contributed by atoms with Crippen LogP contribution in [-0.2, 0) is 16.1 Å². The maximum Gasteiger partial charge on any atom is 0.363 e. The van der Waals surface area contributed by atoms with Crippen LogP contribution in [0, 0.1) is 0 Å². The molecule has 0 unspecified atom stereocenters. The minimum absolute atomic E-state index is 0.00858. The van der Waals surface area contributed by atoms with Crippen LogP contribution in [0.25, 0.3) is 5.69 Å². The van der Waals surface area contributed by atoms with Crippen molar-refractivity contribution in [2.75, 3.05) is 14.2 Å². The number of ether oxygens (including phenoxy) is 3. The van der Waals surface area contributed by atoms with Crippen LogP contribution >= 0.6 is 0 Å². The van der Waals surface area contributed by atoms with Crippen molar-refractivity contribution in [2.45, 2.75) is 19.6 Å². The van der Waals surface area contributed by atoms with Crippen LogP contribution in [0.15, 0.2) is 60.8 Å². The van der Waals surface area contributed by atoms with Gasteiger partial charge >= 0.3 is 5.97 Å². The molecule has 1 aromatic heterocycles. The fraction of sp³-hybridized carbons (Fsp3) is 0.227. The molecule has 1 amide bonds. The molecule has 0 aliphatic heterocycles. The van der Waals surface area contributed by atoms with Crippen LogP contribution < -0.4 is 14.8 Å². The van der Waals surface area contributed by atoms with Gasteiger partial charge < -0.3 is 19.5 Å². The van der Waals surface area contributed by atoms with E-state index < -0.39 is 18.0 Å². The Kier molecular flexibility index (Phi) is 6.69. The fourth-order valence-corrected chi connectivity index (χ4v) is 2.81. The van der Waals surface area contributed by atoms with Gasteiger partial charge in [0.25, 0.3) is 5.91 Å². The van der Waals surface area contributed by atoms with Crippen LogP contribution in [0.4, 0.5) is 0 Å². The summed E-state index contributed by atoms with van der Waals surface area (Å²) in [6, 6.07) is 16.6. The smallest absolute Gasteiger partial charge is 0.363 e. The first-order valence-corrected chi connectivity index (χ1v) is 9.33. The van der Waals surface area contributed by atoms with Gasteiger partial charge in [0.15, 0.2) is 11.9 Å². The number of carbonyl (C=O) groups is 2. The van der Waals surface area contributed by atoms with E-state index >= 15 is 0 Å². The first-order valence-electron chi connectivity index (χ1n) is 9.33. The molecule has 0 aliphatic rings. The van der Waals surface area contributed by atoms with Gasteiger partial charge in [-0.1, -0.05) is 36.4 Å². The maximum absolute atomic E-state index is 12.6. The van der Waals surface area contributed by atoms with Crippen LogP contribution in [0.2, 0.25) is 0 Å². The lowest BCUT2D eigenvalue weighted by atomic mass is 10.2. The lowest BCUT2D eigenvalue weighted by molar-refractivity contribution is -0.129. The highest BCUT2D eigenvalue weighted by atomic mass is 16.6. The second-order valence-electron chi connectivity index (χ2n) is 6.40. The van der Waals surface area contributed by atoms with Crippen LogP contribution in [-0.4, -0.2) is 42.0 Å². The van der Waals surface area contributed by atoms with E-state index in [9.17, 15) is 9.59 Å². The van der Waals surface area contributed by atoms with Crippen molar-refractivity contribution in [2.24, 2.45) is 0 Å². The number of hydrogen-bond acceptors (Lipinski definition) is 6. The molecule has 1 N–H and O–H groups in total. The lowest BCUT2D eigenvalue weighted by Gasteiger charge is -2.14. The minimum atomic E-state index is -1.02. The summed E-state index contributed by atoms with van der Waals surface area (Å²) in [6.07, 6.45) is 0.567. The number of para-hydroxylation sites is 2. The molecule has 2 aromatic carbocycles. The number of methoxy groups -OCH3 is 2. The SMILES string of the molecule is COc1ccccc1CNC(=O)[C@H](C)OC(=O)c1nn(-c2ccccc2)cc1OC. The summed E-state index contributed by atoms with van der Waals surface area (Å²) in [5.41, 5.74) is 1.57. The molecule has 0 radical (unpaired) electrons. The monoisotopic (exact) mass is 409 g/mol. The average molecular weight is 409 g/mol. The van der Waals surface area contributed by atoms with E-state index in [0.717, 1.165) is 11.3 Å². The van der Waals surface area contributed by atoms with Gasteiger partial charge in [0, 0.05) is 12.1 Å². The zero-order chi connectivity index (χ0) is 21.5. The Bertz CT molecular complexity index is 1020. The molecular weight excluding hydrogens is 386 g/mol. The van der Waals surface area contributed by atoms with Crippen LogP contribution in [0.1, 0.15) is 23.0 Å². The summed E-state index contributed by atoms with van der Waals surface area (Å²) in [6.45, 7) is 1.74. The molecule has 0 saturated heterocycles. The normalized spacial score (nSPS) is 11.4. The van der Waals surface area contributed by atoms with E-state index in [0.29, 0.717) is 5.75 Å². The second kappa shape index (κ2) is 9.60. The maximum atomic E-state index is 12.6. The predicted molar refractivity (Wildman–Crippen MR) is 110 cm³/mol. The Morgan fingerprint density at radius 3 is 2.37 bits per heavy atom. The summed E-state index contributed by atoms with van der Waals surface area (Å²) in [5.74, 6) is -0.263. The van der Waals surface area contributed by atoms with E-state index in [1.807, 2.05) is 48.5 Å². The first-order chi connectivity index (χ1) is 14.5. The standard InChI is InChI=1S/C22H23N3O5/c1-15(21(26)23-13-16-9-7-8-12-18(16)28-2)30-22(27)20-19(29-3)14-25(24-20)17-10-5-4-6-11-17/h4-12,14-15H,13H2,1-3H3,(H,23,26)/t15-/m0/s1. The Balaban J connectivity index is 1.65. The Labute approximate surface area is 174 Å². The summed E-state index contributed by atoms with van der Waals surface area (Å²) in [5, 5.41) is 6.99. The van der Waals surface area contributed by atoms with E-state index in [-0.39, 0.29) is 18.0 Å². The van der Waals surface area contributed by atoms with Crippen molar-refractivity contribution in [1.82, 2.24) is 15.1 Å². The van der Waals surface area contributed by atoms with Crippen molar-refractivity contribution >= 4 is 11.9 Å². The minimum Gasteiger partial charge on any atom is -0.496 e. The third-order valence-electron chi connectivity index (χ3n) is 4.41. The molecule has 3 rings (SSSR count). The molecule has 0 bridgehead atoms. The number of hydrogen-bond donors (Lipinski definition) is 1. The molecular formula is C22H23N3O5. The Morgan fingerprint density at radius 1 is 1.00 bits per heavy atom. The molecule has 0 saturated carbocycles. The second-order valence-corrected chi connectivity index (χ2v) is 6.40. The number of nitrogens with zero attached hydrogens (tertiary/aromatic N) is 2. The van der Waals surface area contributed by atoms with Crippen molar-refractivity contribution < 1.29 is 23.8 Å². The number of carbonyl (C=O) groups excluding carboxylic acids is 2. The highest BCUT2D eigenvalue weighted by Gasteiger charge is 2.24. The quantitative estimate of drug-likeness (QED) is 0.575. The summed E-state index contributed by atoms with van der Waals surface area (Å²) in [7, 11) is 3.00. The molecule has 3 aromatic rings. The van der Waals surface area contributed by atoms with E-state index in [1.165, 1.54) is 18.7 Å². The van der Waals surface area contributed by atoms with Gasteiger partial charge in [-0.25, -0.2) is 9.48 Å². The first kappa shape index (κ1) is 20.9. The fourth-order valence-electron chi connectivity index (χ4n) is 2.81. The van der Waals surface area contributed by atoms with Gasteiger partial charge in [0.2, 0.25) is 5.69 Å². The van der Waals surface area contributed by atoms with Crippen molar-refractivity contribution in [3.8, 4) is 17.2 Å². The van der Waals surface area contributed by atoms with Crippen LogP contribution in [0.3, 0.4) is 0 Å². The molecule has 1 atom stereocenters. The highest BCUT2D eigenvalue weighted by Crippen LogP contribution is 2.21. The number of nitrogens with one attached hydrogen (secondary N) is 1. The lowest BCUT2D eigenvalue weighted by Crippen LogP contribution is -2.35. The molecule has 0 fully saturated rings. The van der Waals surface area contributed by atoms with Gasteiger partial charge in [-0.2, -0.15) is 5.10 Å². The summed E-state index contributed by atoms with van der Waals surface area (Å²) < 4.78 is 17.3. The number of esters is 1. The van der Waals surface area contributed by atoms with E-state index in [2.05, 4.69) is 10.4 Å². The highest BCUT2D eigenvalue weighted by molar-refractivity contribution is 5.92. The van der Waals surface area contributed by atoms with Gasteiger partial charge in [0.05, 0.1) is 26.1 Å². The zero-order valence-electron chi connectivity index (χ0n) is 17.0. The number of aromatic nitrogens is 2. The number of benzene rings is 2. The Morgan fingerprint density at radius 2 is 1.67 bits per heavy atom. The van der Waals surface area contributed by atoms with Crippen molar-refractivity contribution in [3.63, 3.8) is 0 Å². The van der Waals surface area contributed by atoms with Crippen LogP contribution in [0.5, 0.6) is 11.5 Å². The molecule has 156 valence electrons. The summed E-state index contributed by atoms with van der Waals surface area (Å²) in [4.78, 5) is 25.0. The third kappa shape index (κ3) is 4.78. The summed E-state index contributed by atoms with van der Waals surface area (Å²) >= 11 is 0. The zero-order valence-corrected chi connectivity index (χ0v) is 17.0. The van der Waals surface area contributed by atoms with E-state index in [1.54, 1.807) is 19.4 Å². The van der Waals surface area contributed by atoms with Gasteiger partial charge in [-0.05, 0) is 25.1 Å². The van der Waals surface area contributed by atoms with Crippen molar-refractivity contribution in [1.29, 1.82) is 0 Å². The predicted octanol–water partition coefficient (Wildman–Crippen LogP) is 2.75. The molecule has 8 heteroatoms.